The molecule has 4 heterocycles. The first-order valence-corrected chi connectivity index (χ1v) is 12.5. The Morgan fingerprint density at radius 1 is 1.03 bits per heavy atom. The van der Waals surface area contributed by atoms with Crippen LogP contribution in [0.1, 0.15) is 67.3 Å². The summed E-state index contributed by atoms with van der Waals surface area (Å²) < 4.78 is 1.97. The Kier molecular flexibility index (Phi) is 6.25. The summed E-state index contributed by atoms with van der Waals surface area (Å²) in [6.07, 6.45) is 4.54. The van der Waals surface area contributed by atoms with E-state index in [-0.39, 0.29) is 11.8 Å². The topological polar surface area (TPSA) is 54.6 Å². The lowest BCUT2D eigenvalue weighted by Crippen LogP contribution is -2.13. The number of aliphatic imine (C=N–C) groups is 1. The van der Waals surface area contributed by atoms with E-state index in [9.17, 15) is 9.90 Å². The van der Waals surface area contributed by atoms with Gasteiger partial charge in [-0.3, -0.25) is 4.79 Å². The number of hydrogen-bond donors (Lipinski definition) is 1. The van der Waals surface area contributed by atoms with Crippen LogP contribution in [0.4, 0.5) is 0 Å². The molecular weight excluding hydrogens is 412 g/mol. The molecule has 3 aromatic heterocycles. The summed E-state index contributed by atoms with van der Waals surface area (Å²) in [5.74, 6) is 1.08. The van der Waals surface area contributed by atoms with Crippen LogP contribution in [0.25, 0.3) is 10.6 Å². The zero-order chi connectivity index (χ0) is 21.3. The minimum atomic E-state index is -0.251. The van der Waals surface area contributed by atoms with Crippen LogP contribution in [0.2, 0.25) is 0 Å². The van der Waals surface area contributed by atoms with E-state index in [4.69, 9.17) is 0 Å². The molecule has 4 nitrogen and oxygen atoms in total. The zero-order valence-corrected chi connectivity index (χ0v) is 19.4. The Bertz CT molecular complexity index is 1050. The number of fused-ring (bicyclic) bond motifs is 1. The lowest BCUT2D eigenvalue weighted by molar-refractivity contribution is 0.101. The molecule has 158 valence electrons. The maximum Gasteiger partial charge on any atom is 0.280 e. The van der Waals surface area contributed by atoms with Gasteiger partial charge in [-0.25, -0.2) is 4.99 Å². The fourth-order valence-corrected chi connectivity index (χ4v) is 5.60. The minimum absolute atomic E-state index is 0.174. The van der Waals surface area contributed by atoms with Gasteiger partial charge in [-0.05, 0) is 41.1 Å². The average Bonchev–Trinajstić information content (AvgIpc) is 3.53. The largest absolute Gasteiger partial charge is 0.494 e. The third kappa shape index (κ3) is 3.79. The Balaban J connectivity index is 1.78. The summed E-state index contributed by atoms with van der Waals surface area (Å²) in [6, 6.07) is 7.91. The molecule has 0 saturated carbocycles. The van der Waals surface area contributed by atoms with E-state index in [1.807, 2.05) is 39.6 Å². The molecule has 0 fully saturated rings. The van der Waals surface area contributed by atoms with Crippen molar-refractivity contribution in [1.29, 1.82) is 0 Å². The normalized spacial score (nSPS) is 15.3. The van der Waals surface area contributed by atoms with Crippen LogP contribution in [-0.2, 0) is 6.54 Å². The van der Waals surface area contributed by atoms with E-state index in [0.29, 0.717) is 35.2 Å². The van der Waals surface area contributed by atoms with E-state index < -0.39 is 0 Å². The third-order valence-electron chi connectivity index (χ3n) is 6.19. The highest BCUT2D eigenvalue weighted by Crippen LogP contribution is 2.43. The summed E-state index contributed by atoms with van der Waals surface area (Å²) in [4.78, 5) is 19.2. The van der Waals surface area contributed by atoms with Gasteiger partial charge in [-0.1, -0.05) is 52.2 Å². The van der Waals surface area contributed by atoms with Crippen molar-refractivity contribution >= 4 is 34.3 Å². The van der Waals surface area contributed by atoms with Gasteiger partial charge in [-0.15, -0.1) is 22.7 Å². The number of rotatable bonds is 9. The number of carbonyl (C=O) groups excluding carboxylic acids is 1. The first kappa shape index (κ1) is 21.1. The molecule has 1 amide bonds. The molecule has 0 radical (unpaired) electrons. The van der Waals surface area contributed by atoms with Crippen LogP contribution in [0.5, 0.6) is 5.88 Å². The molecule has 0 spiro atoms. The molecule has 6 heteroatoms. The molecular formula is C24H28N2O2S2. The molecule has 2 atom stereocenters. The van der Waals surface area contributed by atoms with Crippen LogP contribution >= 0.6 is 22.7 Å². The zero-order valence-electron chi connectivity index (χ0n) is 17.7. The molecule has 1 aliphatic rings. The number of aromatic nitrogens is 1. The minimum Gasteiger partial charge on any atom is -0.494 e. The summed E-state index contributed by atoms with van der Waals surface area (Å²) in [7, 11) is 0. The lowest BCUT2D eigenvalue weighted by Gasteiger charge is -2.20. The van der Waals surface area contributed by atoms with Gasteiger partial charge in [0.25, 0.3) is 5.91 Å². The molecule has 4 rings (SSSR count). The molecule has 0 bridgehead atoms. The van der Waals surface area contributed by atoms with Gasteiger partial charge < -0.3 is 9.67 Å². The molecule has 0 aliphatic carbocycles. The maximum atomic E-state index is 13.0. The van der Waals surface area contributed by atoms with Crippen molar-refractivity contribution in [3.63, 3.8) is 0 Å². The second kappa shape index (κ2) is 8.90. The first-order chi connectivity index (χ1) is 14.5. The Labute approximate surface area is 185 Å². The lowest BCUT2D eigenvalue weighted by atomic mass is 9.93. The van der Waals surface area contributed by atoms with Crippen LogP contribution in [0, 0.1) is 11.8 Å². The fourth-order valence-electron chi connectivity index (χ4n) is 4.10. The number of aromatic hydroxyl groups is 1. The van der Waals surface area contributed by atoms with Crippen LogP contribution in [-0.4, -0.2) is 21.3 Å². The molecule has 30 heavy (non-hydrogen) atoms. The van der Waals surface area contributed by atoms with Crippen LogP contribution < -0.4 is 0 Å². The highest BCUT2D eigenvalue weighted by molar-refractivity contribution is 7.13. The van der Waals surface area contributed by atoms with Crippen molar-refractivity contribution in [2.24, 2.45) is 16.8 Å². The number of hydrogen-bond acceptors (Lipinski definition) is 4. The van der Waals surface area contributed by atoms with E-state index >= 15 is 0 Å². The van der Waals surface area contributed by atoms with Gasteiger partial charge in [0, 0.05) is 6.54 Å². The van der Waals surface area contributed by atoms with Crippen molar-refractivity contribution in [3.8, 4) is 16.5 Å². The SMILES string of the molecule is CCC(C)CCC(CC)Cn1c(O)c2c(c1-c1cccs1)C(=O)N=C2c1cccs1. The number of nitrogens with zero attached hydrogens (tertiary/aromatic N) is 2. The van der Waals surface area contributed by atoms with Gasteiger partial charge in [-0.2, -0.15) is 0 Å². The van der Waals surface area contributed by atoms with Crippen molar-refractivity contribution in [3.05, 3.63) is 51.0 Å². The summed E-state index contributed by atoms with van der Waals surface area (Å²) in [6.45, 7) is 7.46. The predicted octanol–water partition coefficient (Wildman–Crippen LogP) is 6.83. The Morgan fingerprint density at radius 3 is 2.33 bits per heavy atom. The second-order valence-electron chi connectivity index (χ2n) is 8.12. The number of amides is 1. The van der Waals surface area contributed by atoms with Crippen LogP contribution in [0.3, 0.4) is 0 Å². The van der Waals surface area contributed by atoms with Gasteiger partial charge in [0.15, 0.2) is 0 Å². The van der Waals surface area contributed by atoms with E-state index in [1.54, 1.807) is 11.3 Å². The molecule has 3 aromatic rings. The van der Waals surface area contributed by atoms with Gasteiger partial charge in [0.05, 0.1) is 32.3 Å². The van der Waals surface area contributed by atoms with Crippen molar-refractivity contribution < 1.29 is 9.90 Å². The predicted molar refractivity (Wildman–Crippen MR) is 126 cm³/mol. The summed E-state index contributed by atoms with van der Waals surface area (Å²) >= 11 is 3.13. The van der Waals surface area contributed by atoms with Crippen molar-refractivity contribution in [2.75, 3.05) is 0 Å². The van der Waals surface area contributed by atoms with E-state index in [0.717, 1.165) is 28.3 Å². The van der Waals surface area contributed by atoms with Crippen LogP contribution in [0.15, 0.2) is 40.0 Å². The highest BCUT2D eigenvalue weighted by Gasteiger charge is 2.37. The number of carbonyl (C=O) groups is 1. The second-order valence-corrected chi connectivity index (χ2v) is 10.0. The molecule has 1 N–H and O–H groups in total. The fraction of sp³-hybridized carbons (Fsp3) is 0.417. The van der Waals surface area contributed by atoms with E-state index in [2.05, 4.69) is 25.8 Å². The maximum absolute atomic E-state index is 13.0. The summed E-state index contributed by atoms with van der Waals surface area (Å²) in [5, 5.41) is 15.3. The van der Waals surface area contributed by atoms with Crippen molar-refractivity contribution in [2.45, 2.75) is 53.0 Å². The average molecular weight is 441 g/mol. The monoisotopic (exact) mass is 440 g/mol. The molecule has 0 saturated heterocycles. The van der Waals surface area contributed by atoms with Gasteiger partial charge in [0.2, 0.25) is 5.88 Å². The van der Waals surface area contributed by atoms with Crippen molar-refractivity contribution in [1.82, 2.24) is 4.57 Å². The third-order valence-corrected chi connectivity index (χ3v) is 7.95. The molecule has 0 aromatic carbocycles. The number of thiophene rings is 2. The highest BCUT2D eigenvalue weighted by atomic mass is 32.1. The van der Waals surface area contributed by atoms with E-state index in [1.165, 1.54) is 24.2 Å². The smallest absolute Gasteiger partial charge is 0.280 e. The van der Waals surface area contributed by atoms with Gasteiger partial charge >= 0.3 is 0 Å². The molecule has 2 unspecified atom stereocenters. The van der Waals surface area contributed by atoms with Gasteiger partial charge in [0.1, 0.15) is 0 Å². The summed E-state index contributed by atoms with van der Waals surface area (Å²) in [5.41, 5.74) is 2.57. The first-order valence-electron chi connectivity index (χ1n) is 10.7. The Morgan fingerprint density at radius 2 is 1.73 bits per heavy atom. The quantitative estimate of drug-likeness (QED) is 0.396. The standard InChI is InChI=1S/C24H28N2O2S2/c1-4-15(3)10-11-16(5-2)14-26-22(18-9-7-13-30-18)20-19(24(26)28)21(25-23(20)27)17-8-6-12-29-17/h6-9,12-13,15-16,28H,4-5,10-11,14H2,1-3H3. The molecule has 1 aliphatic heterocycles. The Hall–Kier alpha value is -2.18.